The molecular formula is C20H22FN3O2. The number of benzene rings is 2. The smallest absolute Gasteiger partial charge is 0.321 e. The maximum absolute atomic E-state index is 13.3. The van der Waals surface area contributed by atoms with Gasteiger partial charge in [-0.15, -0.1) is 0 Å². The first-order valence-electron chi connectivity index (χ1n) is 8.66. The largest absolute Gasteiger partial charge is 0.390 e. The van der Waals surface area contributed by atoms with Gasteiger partial charge in [-0.1, -0.05) is 41.1 Å². The van der Waals surface area contributed by atoms with Crippen LogP contribution in [0.1, 0.15) is 24.5 Å². The summed E-state index contributed by atoms with van der Waals surface area (Å²) in [4.78, 5) is 19.6. The highest BCUT2D eigenvalue weighted by Crippen LogP contribution is 2.19. The van der Waals surface area contributed by atoms with Gasteiger partial charge in [0.15, 0.2) is 6.10 Å². The second kappa shape index (κ2) is 7.99. The molecule has 1 aliphatic heterocycles. The van der Waals surface area contributed by atoms with Crippen molar-refractivity contribution >= 4 is 17.4 Å². The lowest BCUT2D eigenvalue weighted by atomic mass is 10.0. The van der Waals surface area contributed by atoms with E-state index >= 15 is 0 Å². The van der Waals surface area contributed by atoms with Crippen molar-refractivity contribution in [1.82, 2.24) is 4.90 Å². The fourth-order valence-corrected chi connectivity index (χ4v) is 2.81. The number of oxime groups is 1. The van der Waals surface area contributed by atoms with Gasteiger partial charge >= 0.3 is 6.03 Å². The number of anilines is 1. The third kappa shape index (κ3) is 4.39. The maximum Gasteiger partial charge on any atom is 0.321 e. The molecule has 2 aromatic rings. The van der Waals surface area contributed by atoms with Gasteiger partial charge in [-0.2, -0.15) is 0 Å². The molecule has 0 saturated heterocycles. The van der Waals surface area contributed by atoms with Crippen LogP contribution in [-0.2, 0) is 4.84 Å². The molecule has 0 fully saturated rings. The molecule has 1 aliphatic rings. The molecule has 1 heterocycles. The van der Waals surface area contributed by atoms with Gasteiger partial charge in [0.1, 0.15) is 5.82 Å². The Bertz CT molecular complexity index is 805. The van der Waals surface area contributed by atoms with E-state index in [-0.39, 0.29) is 18.0 Å². The third-order valence-corrected chi connectivity index (χ3v) is 4.29. The van der Waals surface area contributed by atoms with Crippen LogP contribution < -0.4 is 5.32 Å². The molecule has 1 unspecified atom stereocenters. The summed E-state index contributed by atoms with van der Waals surface area (Å²) in [6, 6.07) is 13.7. The van der Waals surface area contributed by atoms with Crippen LogP contribution in [0.3, 0.4) is 0 Å². The first-order valence-corrected chi connectivity index (χ1v) is 8.66. The van der Waals surface area contributed by atoms with Crippen LogP contribution in [0.25, 0.3) is 0 Å². The number of carbonyl (C=O) groups is 1. The van der Waals surface area contributed by atoms with Crippen molar-refractivity contribution in [2.45, 2.75) is 26.4 Å². The molecule has 5 nitrogen and oxygen atoms in total. The standard InChI is InChI=1S/C20H22FN3O2/c1-3-24(20(25)22-17-6-4-5-16(21)11-17)13-18-12-19(23-26-18)15-9-7-14(2)8-10-15/h4-11,18H,3,12-13H2,1-2H3,(H,22,25). The number of likely N-dealkylation sites (N-methyl/N-ethyl adjacent to an activating group) is 1. The van der Waals surface area contributed by atoms with Gasteiger partial charge in [-0.05, 0) is 37.6 Å². The van der Waals surface area contributed by atoms with E-state index in [0.717, 1.165) is 11.3 Å². The summed E-state index contributed by atoms with van der Waals surface area (Å²) < 4.78 is 13.3. The van der Waals surface area contributed by atoms with Crippen molar-refractivity contribution in [3.05, 3.63) is 65.5 Å². The van der Waals surface area contributed by atoms with E-state index in [4.69, 9.17) is 4.84 Å². The Morgan fingerprint density at radius 2 is 2.08 bits per heavy atom. The summed E-state index contributed by atoms with van der Waals surface area (Å²) in [5.74, 6) is -0.388. The lowest BCUT2D eigenvalue weighted by molar-refractivity contribution is 0.0633. The molecule has 0 bridgehead atoms. The number of rotatable bonds is 5. The highest BCUT2D eigenvalue weighted by molar-refractivity contribution is 6.01. The fourth-order valence-electron chi connectivity index (χ4n) is 2.81. The molecule has 0 saturated carbocycles. The summed E-state index contributed by atoms with van der Waals surface area (Å²) in [6.45, 7) is 4.86. The average molecular weight is 355 g/mol. The molecule has 0 radical (unpaired) electrons. The monoisotopic (exact) mass is 355 g/mol. The Hall–Kier alpha value is -2.89. The Morgan fingerprint density at radius 1 is 1.31 bits per heavy atom. The number of aryl methyl sites for hydroxylation is 1. The molecule has 136 valence electrons. The first-order chi connectivity index (χ1) is 12.5. The second-order valence-electron chi connectivity index (χ2n) is 6.31. The average Bonchev–Trinajstić information content (AvgIpc) is 3.09. The van der Waals surface area contributed by atoms with Crippen LogP contribution in [0.5, 0.6) is 0 Å². The van der Waals surface area contributed by atoms with E-state index in [1.165, 1.54) is 17.7 Å². The van der Waals surface area contributed by atoms with Gasteiger partial charge in [0.05, 0.1) is 12.3 Å². The lowest BCUT2D eigenvalue weighted by Gasteiger charge is -2.23. The number of urea groups is 1. The summed E-state index contributed by atoms with van der Waals surface area (Å²) in [6.07, 6.45) is 0.455. The molecule has 3 rings (SSSR count). The number of carbonyl (C=O) groups excluding carboxylic acids is 1. The van der Waals surface area contributed by atoms with Crippen molar-refractivity contribution in [1.29, 1.82) is 0 Å². The number of nitrogens with one attached hydrogen (secondary N) is 1. The SMILES string of the molecule is CCN(CC1CC(c2ccc(C)cc2)=NO1)C(=O)Nc1cccc(F)c1. The van der Waals surface area contributed by atoms with E-state index in [1.807, 2.05) is 38.1 Å². The Kier molecular flexibility index (Phi) is 5.51. The molecule has 0 aliphatic carbocycles. The molecule has 1 N–H and O–H groups in total. The van der Waals surface area contributed by atoms with Gasteiger partial charge in [-0.3, -0.25) is 0 Å². The van der Waals surface area contributed by atoms with Crippen LogP contribution in [-0.4, -0.2) is 35.8 Å². The van der Waals surface area contributed by atoms with Crippen molar-refractivity contribution in [2.75, 3.05) is 18.4 Å². The minimum atomic E-state index is -0.388. The fraction of sp³-hybridized carbons (Fsp3) is 0.300. The zero-order chi connectivity index (χ0) is 18.5. The number of amides is 2. The van der Waals surface area contributed by atoms with Crippen LogP contribution in [0, 0.1) is 12.7 Å². The van der Waals surface area contributed by atoms with E-state index < -0.39 is 0 Å². The van der Waals surface area contributed by atoms with Crippen LogP contribution in [0.15, 0.2) is 53.7 Å². The maximum atomic E-state index is 13.3. The number of hydrogen-bond donors (Lipinski definition) is 1. The molecule has 1 atom stereocenters. The zero-order valence-electron chi connectivity index (χ0n) is 14.9. The minimum Gasteiger partial charge on any atom is -0.390 e. The summed E-state index contributed by atoms with van der Waals surface area (Å²) >= 11 is 0. The Balaban J connectivity index is 1.57. The molecule has 26 heavy (non-hydrogen) atoms. The van der Waals surface area contributed by atoms with Gasteiger partial charge < -0.3 is 15.1 Å². The van der Waals surface area contributed by atoms with E-state index in [2.05, 4.69) is 10.5 Å². The molecule has 2 aromatic carbocycles. The van der Waals surface area contributed by atoms with Crippen molar-refractivity contribution in [3.8, 4) is 0 Å². The van der Waals surface area contributed by atoms with E-state index in [9.17, 15) is 9.18 Å². The molecule has 0 aromatic heterocycles. The Morgan fingerprint density at radius 3 is 2.77 bits per heavy atom. The van der Waals surface area contributed by atoms with Crippen molar-refractivity contribution in [2.24, 2.45) is 5.16 Å². The highest BCUT2D eigenvalue weighted by atomic mass is 19.1. The van der Waals surface area contributed by atoms with Gasteiger partial charge in [-0.25, -0.2) is 9.18 Å². The van der Waals surface area contributed by atoms with E-state index in [0.29, 0.717) is 25.2 Å². The van der Waals surface area contributed by atoms with Crippen LogP contribution in [0.4, 0.5) is 14.9 Å². The summed E-state index contributed by atoms with van der Waals surface area (Å²) in [5, 5.41) is 6.88. The summed E-state index contributed by atoms with van der Waals surface area (Å²) in [5.41, 5.74) is 3.54. The van der Waals surface area contributed by atoms with E-state index in [1.54, 1.807) is 17.0 Å². The van der Waals surface area contributed by atoms with Crippen LogP contribution >= 0.6 is 0 Å². The third-order valence-electron chi connectivity index (χ3n) is 4.29. The van der Waals surface area contributed by atoms with Gasteiger partial charge in [0, 0.05) is 18.7 Å². The molecule has 0 spiro atoms. The van der Waals surface area contributed by atoms with Gasteiger partial charge in [0.2, 0.25) is 0 Å². The van der Waals surface area contributed by atoms with Crippen molar-refractivity contribution < 1.29 is 14.0 Å². The Labute approximate surface area is 152 Å². The number of nitrogens with zero attached hydrogens (tertiary/aromatic N) is 2. The lowest BCUT2D eigenvalue weighted by Crippen LogP contribution is -2.40. The number of halogens is 1. The predicted molar refractivity (Wildman–Crippen MR) is 99.9 cm³/mol. The molecule has 6 heteroatoms. The van der Waals surface area contributed by atoms with Crippen molar-refractivity contribution in [3.63, 3.8) is 0 Å². The predicted octanol–water partition coefficient (Wildman–Crippen LogP) is 4.18. The number of hydrogen-bond acceptors (Lipinski definition) is 3. The van der Waals surface area contributed by atoms with Crippen LogP contribution in [0.2, 0.25) is 0 Å². The minimum absolute atomic E-state index is 0.190. The summed E-state index contributed by atoms with van der Waals surface area (Å²) in [7, 11) is 0. The zero-order valence-corrected chi connectivity index (χ0v) is 14.9. The molecular weight excluding hydrogens is 333 g/mol. The molecule has 2 amide bonds. The highest BCUT2D eigenvalue weighted by Gasteiger charge is 2.26. The van der Waals surface area contributed by atoms with Gasteiger partial charge in [0.25, 0.3) is 0 Å². The quantitative estimate of drug-likeness (QED) is 0.875. The second-order valence-corrected chi connectivity index (χ2v) is 6.31. The topological polar surface area (TPSA) is 53.9 Å². The normalized spacial score (nSPS) is 16.0. The first kappa shape index (κ1) is 17.9.